The van der Waals surface area contributed by atoms with E-state index in [9.17, 15) is 8.42 Å². The highest BCUT2D eigenvalue weighted by Crippen LogP contribution is 2.33. The van der Waals surface area contributed by atoms with Crippen molar-refractivity contribution in [3.8, 4) is 17.3 Å². The second-order valence-electron chi connectivity index (χ2n) is 10.5. The molecule has 12 heteroatoms. The molecule has 0 saturated carbocycles. The van der Waals surface area contributed by atoms with Gasteiger partial charge >= 0.3 is 0 Å². The summed E-state index contributed by atoms with van der Waals surface area (Å²) in [7, 11) is -1.85. The third kappa shape index (κ3) is 6.91. The molecule has 0 N–H and O–H groups in total. The number of pyridine rings is 1. The van der Waals surface area contributed by atoms with Crippen LogP contribution < -0.4 is 9.64 Å². The van der Waals surface area contributed by atoms with Gasteiger partial charge in [-0.3, -0.25) is 0 Å². The molecule has 0 atom stereocenters. The predicted molar refractivity (Wildman–Crippen MR) is 151 cm³/mol. The number of furan rings is 1. The van der Waals surface area contributed by atoms with Crippen molar-refractivity contribution in [1.29, 1.82) is 0 Å². The summed E-state index contributed by atoms with van der Waals surface area (Å²) < 4.78 is 42.3. The normalized spacial score (nSPS) is 12.6. The highest BCUT2D eigenvalue weighted by Gasteiger charge is 2.24. The van der Waals surface area contributed by atoms with Crippen LogP contribution in [0.4, 0.5) is 5.82 Å². The standard InChI is InChI=1S/C26H36N5O5SSi/c1-26(2,3)38(6)35-15-7-13-30(4)25-19-17-22(36-21(19)11-12-27-25)20-18-28-23-9-10-24(29-31(20)23)34-14-8-16-37(5,32)33/h9-12,17-18H,7-8,13-16H2,1-6H3. The van der Waals surface area contributed by atoms with Crippen LogP contribution in [-0.4, -0.2) is 75.9 Å². The summed E-state index contributed by atoms with van der Waals surface area (Å²) in [5, 5.41) is 5.66. The minimum Gasteiger partial charge on any atom is -0.477 e. The van der Waals surface area contributed by atoms with Crippen LogP contribution in [0.3, 0.4) is 0 Å². The van der Waals surface area contributed by atoms with Gasteiger partial charge in [-0.1, -0.05) is 20.8 Å². The Bertz CT molecular complexity index is 1490. The van der Waals surface area contributed by atoms with Crippen LogP contribution in [0.2, 0.25) is 11.6 Å². The lowest BCUT2D eigenvalue weighted by molar-refractivity contribution is 0.301. The number of fused-ring (bicyclic) bond motifs is 2. The first-order chi connectivity index (χ1) is 17.9. The maximum absolute atomic E-state index is 11.3. The zero-order valence-corrected chi connectivity index (χ0v) is 24.7. The van der Waals surface area contributed by atoms with Crippen molar-refractivity contribution in [2.45, 2.75) is 45.2 Å². The topological polar surface area (TPSA) is 112 Å². The fourth-order valence-electron chi connectivity index (χ4n) is 3.83. The van der Waals surface area contributed by atoms with Crippen LogP contribution in [0, 0.1) is 0 Å². The zero-order valence-electron chi connectivity index (χ0n) is 22.9. The van der Waals surface area contributed by atoms with Crippen molar-refractivity contribution in [3.05, 3.63) is 36.7 Å². The molecule has 0 spiro atoms. The molecule has 205 valence electrons. The summed E-state index contributed by atoms with van der Waals surface area (Å²) in [6.45, 7) is 10.7. The van der Waals surface area contributed by atoms with E-state index in [0.717, 1.165) is 36.4 Å². The summed E-state index contributed by atoms with van der Waals surface area (Å²) in [6.07, 6.45) is 5.97. The Morgan fingerprint density at radius 1 is 1.13 bits per heavy atom. The van der Waals surface area contributed by atoms with Gasteiger partial charge in [0.25, 0.3) is 0 Å². The lowest BCUT2D eigenvalue weighted by atomic mass is 10.2. The SMILES string of the molecule is CN(CCCO[Si](C)C(C)(C)C)c1nccc2oc(-c3cnc4ccc(OCCCS(C)(=O)=O)nn34)cc12. The molecule has 4 heterocycles. The number of sulfone groups is 1. The van der Waals surface area contributed by atoms with Gasteiger partial charge in [0.2, 0.25) is 14.9 Å². The van der Waals surface area contributed by atoms with Crippen molar-refractivity contribution < 1.29 is 22.0 Å². The monoisotopic (exact) mass is 558 g/mol. The van der Waals surface area contributed by atoms with Gasteiger partial charge < -0.3 is 18.5 Å². The van der Waals surface area contributed by atoms with Crippen molar-refractivity contribution in [3.63, 3.8) is 0 Å². The Balaban J connectivity index is 1.49. The van der Waals surface area contributed by atoms with Crippen LogP contribution in [0.15, 0.2) is 41.1 Å². The molecule has 0 aliphatic heterocycles. The summed E-state index contributed by atoms with van der Waals surface area (Å²) in [5.41, 5.74) is 2.05. The Morgan fingerprint density at radius 3 is 2.66 bits per heavy atom. The first kappa shape index (κ1) is 28.1. The van der Waals surface area contributed by atoms with E-state index in [1.165, 1.54) is 6.26 Å². The van der Waals surface area contributed by atoms with Gasteiger partial charge in [-0.05, 0) is 42.6 Å². The number of aromatic nitrogens is 4. The molecule has 4 aromatic rings. The molecule has 0 saturated heterocycles. The van der Waals surface area contributed by atoms with E-state index in [0.29, 0.717) is 29.4 Å². The van der Waals surface area contributed by atoms with Gasteiger partial charge in [0.1, 0.15) is 26.9 Å². The summed E-state index contributed by atoms with van der Waals surface area (Å²) >= 11 is 0. The minimum absolute atomic E-state index is 0.0691. The van der Waals surface area contributed by atoms with Gasteiger partial charge in [0.15, 0.2) is 11.4 Å². The fourth-order valence-corrected chi connectivity index (χ4v) is 5.35. The number of nitrogens with zero attached hydrogens (tertiary/aromatic N) is 5. The van der Waals surface area contributed by atoms with Gasteiger partial charge in [-0.25, -0.2) is 22.9 Å². The maximum atomic E-state index is 11.3. The molecule has 0 fully saturated rings. The number of ether oxygens (including phenoxy) is 1. The lowest BCUT2D eigenvalue weighted by Crippen LogP contribution is -2.28. The van der Waals surface area contributed by atoms with Gasteiger partial charge in [-0.2, -0.15) is 0 Å². The Hall–Kier alpha value is -2.96. The fraction of sp³-hybridized carbons (Fsp3) is 0.500. The van der Waals surface area contributed by atoms with Crippen LogP contribution >= 0.6 is 0 Å². The van der Waals surface area contributed by atoms with Crippen LogP contribution in [-0.2, 0) is 14.3 Å². The molecule has 38 heavy (non-hydrogen) atoms. The Kier molecular flexibility index (Phi) is 8.43. The summed E-state index contributed by atoms with van der Waals surface area (Å²) in [5.74, 6) is 1.91. The molecule has 0 unspecified atom stereocenters. The maximum Gasteiger partial charge on any atom is 0.231 e. The van der Waals surface area contributed by atoms with E-state index in [1.807, 2.05) is 19.2 Å². The molecule has 1 radical (unpaired) electrons. The van der Waals surface area contributed by atoms with E-state index in [2.05, 4.69) is 47.3 Å². The van der Waals surface area contributed by atoms with Gasteiger partial charge in [0, 0.05) is 38.7 Å². The van der Waals surface area contributed by atoms with Gasteiger partial charge in [-0.15, -0.1) is 5.10 Å². The average molecular weight is 559 g/mol. The zero-order chi connectivity index (χ0) is 27.5. The highest BCUT2D eigenvalue weighted by molar-refractivity contribution is 7.90. The van der Waals surface area contributed by atoms with E-state index in [-0.39, 0.29) is 17.4 Å². The molecule has 10 nitrogen and oxygen atoms in total. The number of rotatable bonds is 12. The summed E-state index contributed by atoms with van der Waals surface area (Å²) in [4.78, 5) is 11.2. The van der Waals surface area contributed by atoms with Crippen molar-refractivity contribution >= 4 is 41.3 Å². The number of anilines is 1. The van der Waals surface area contributed by atoms with E-state index >= 15 is 0 Å². The molecule has 0 amide bonds. The molecular weight excluding hydrogens is 522 g/mol. The third-order valence-corrected chi connectivity index (χ3v) is 10.1. The van der Waals surface area contributed by atoms with Crippen molar-refractivity contribution in [1.82, 2.24) is 19.6 Å². The van der Waals surface area contributed by atoms with E-state index < -0.39 is 18.9 Å². The number of hydrogen-bond donors (Lipinski definition) is 0. The van der Waals surface area contributed by atoms with Crippen LogP contribution in [0.1, 0.15) is 33.6 Å². The van der Waals surface area contributed by atoms with Gasteiger partial charge in [0.05, 0.1) is 23.9 Å². The van der Waals surface area contributed by atoms with Crippen molar-refractivity contribution in [2.75, 3.05) is 43.7 Å². The molecule has 0 bridgehead atoms. The Labute approximate surface area is 225 Å². The molecular formula is C26H36N5O5SSi. The second kappa shape index (κ2) is 11.4. The summed E-state index contributed by atoms with van der Waals surface area (Å²) in [6, 6.07) is 7.33. The number of imidazole rings is 1. The molecule has 0 aromatic carbocycles. The van der Waals surface area contributed by atoms with Crippen molar-refractivity contribution in [2.24, 2.45) is 0 Å². The van der Waals surface area contributed by atoms with Crippen LogP contribution in [0.5, 0.6) is 5.88 Å². The molecule has 4 rings (SSSR count). The van der Waals surface area contributed by atoms with E-state index in [1.54, 1.807) is 29.0 Å². The third-order valence-electron chi connectivity index (χ3n) is 6.30. The Morgan fingerprint density at radius 2 is 1.92 bits per heavy atom. The predicted octanol–water partition coefficient (Wildman–Crippen LogP) is 4.62. The smallest absolute Gasteiger partial charge is 0.231 e. The molecule has 4 aromatic heterocycles. The average Bonchev–Trinajstić information content (AvgIpc) is 3.46. The second-order valence-corrected chi connectivity index (χ2v) is 15.7. The first-order valence-electron chi connectivity index (χ1n) is 12.6. The quantitative estimate of drug-likeness (QED) is 0.182. The molecule has 0 aliphatic rings. The first-order valence-corrected chi connectivity index (χ1v) is 16.6. The van der Waals surface area contributed by atoms with E-state index in [4.69, 9.17) is 13.6 Å². The largest absolute Gasteiger partial charge is 0.477 e. The number of hydrogen-bond acceptors (Lipinski definition) is 9. The minimum atomic E-state index is -3.03. The van der Waals surface area contributed by atoms with Crippen LogP contribution in [0.25, 0.3) is 28.1 Å². The lowest BCUT2D eigenvalue weighted by Gasteiger charge is -2.25. The highest BCUT2D eigenvalue weighted by atomic mass is 32.2. The molecule has 0 aliphatic carbocycles.